The number of hydrogen-bond donors (Lipinski definition) is 0. The van der Waals surface area contributed by atoms with Crippen LogP contribution in [0.1, 0.15) is 15.9 Å². The number of benzene rings is 3. The summed E-state index contributed by atoms with van der Waals surface area (Å²) in [6.45, 7) is 0.402. The fraction of sp³-hybridized carbons (Fsp3) is 0.0952. The van der Waals surface area contributed by atoms with Crippen molar-refractivity contribution in [3.63, 3.8) is 0 Å². The molecule has 26 heavy (non-hydrogen) atoms. The molecule has 0 saturated heterocycles. The minimum absolute atomic E-state index is 0.402. The third kappa shape index (κ3) is 4.77. The van der Waals surface area contributed by atoms with E-state index in [1.807, 2.05) is 36.4 Å². The number of hydrogen-bond acceptors (Lipinski definition) is 4. The Bertz CT molecular complexity index is 856. The highest BCUT2D eigenvalue weighted by molar-refractivity contribution is 6.30. The molecule has 0 aliphatic heterocycles. The van der Waals surface area contributed by atoms with Crippen LogP contribution in [-0.4, -0.2) is 13.1 Å². The Morgan fingerprint density at radius 2 is 1.38 bits per heavy atom. The van der Waals surface area contributed by atoms with Crippen LogP contribution in [0, 0.1) is 0 Å². The van der Waals surface area contributed by atoms with Gasteiger partial charge in [0, 0.05) is 5.02 Å². The zero-order valence-electron chi connectivity index (χ0n) is 14.1. The van der Waals surface area contributed by atoms with E-state index in [9.17, 15) is 4.79 Å². The van der Waals surface area contributed by atoms with Gasteiger partial charge >= 0.3 is 5.97 Å². The largest absolute Gasteiger partial charge is 0.497 e. The summed E-state index contributed by atoms with van der Waals surface area (Å²) >= 11 is 5.81. The molecule has 4 nitrogen and oxygen atoms in total. The van der Waals surface area contributed by atoms with Crippen LogP contribution in [0.5, 0.6) is 17.2 Å². The molecule has 3 rings (SSSR count). The lowest BCUT2D eigenvalue weighted by atomic mass is 10.1. The van der Waals surface area contributed by atoms with E-state index in [1.54, 1.807) is 43.5 Å². The summed E-state index contributed by atoms with van der Waals surface area (Å²) in [4.78, 5) is 12.2. The van der Waals surface area contributed by atoms with Gasteiger partial charge in [-0.2, -0.15) is 0 Å². The molecule has 5 heteroatoms. The molecule has 132 valence electrons. The van der Waals surface area contributed by atoms with Gasteiger partial charge in [0.05, 0.1) is 12.7 Å². The molecule has 0 aliphatic rings. The minimum Gasteiger partial charge on any atom is -0.497 e. The molecule has 0 amide bonds. The maximum Gasteiger partial charge on any atom is 0.343 e. The molecule has 0 unspecified atom stereocenters. The van der Waals surface area contributed by atoms with Gasteiger partial charge < -0.3 is 14.2 Å². The monoisotopic (exact) mass is 368 g/mol. The van der Waals surface area contributed by atoms with Crippen molar-refractivity contribution in [1.29, 1.82) is 0 Å². The topological polar surface area (TPSA) is 44.8 Å². The second kappa shape index (κ2) is 8.41. The van der Waals surface area contributed by atoms with Gasteiger partial charge in [0.15, 0.2) is 0 Å². The quantitative estimate of drug-likeness (QED) is 0.446. The summed E-state index contributed by atoms with van der Waals surface area (Å²) in [5.41, 5.74) is 1.41. The van der Waals surface area contributed by atoms with Crippen molar-refractivity contribution < 1.29 is 19.0 Å². The predicted molar refractivity (Wildman–Crippen MR) is 100 cm³/mol. The first-order chi connectivity index (χ1) is 12.6. The van der Waals surface area contributed by atoms with E-state index in [2.05, 4.69) is 0 Å². The smallest absolute Gasteiger partial charge is 0.343 e. The highest BCUT2D eigenvalue weighted by Gasteiger charge is 2.08. The molecule has 0 N–H and O–H groups in total. The Kier molecular flexibility index (Phi) is 5.77. The molecule has 0 radical (unpaired) electrons. The number of carbonyl (C=O) groups excluding carboxylic acids is 1. The summed E-state index contributed by atoms with van der Waals surface area (Å²) in [5.74, 6) is 1.55. The molecule has 0 fully saturated rings. The van der Waals surface area contributed by atoms with Crippen LogP contribution in [0.4, 0.5) is 0 Å². The normalized spacial score (nSPS) is 10.2. The first-order valence-corrected chi connectivity index (χ1v) is 8.35. The van der Waals surface area contributed by atoms with Crippen molar-refractivity contribution in [2.24, 2.45) is 0 Å². The number of methoxy groups -OCH3 is 1. The van der Waals surface area contributed by atoms with E-state index in [-0.39, 0.29) is 0 Å². The van der Waals surface area contributed by atoms with Crippen LogP contribution < -0.4 is 14.2 Å². The van der Waals surface area contributed by atoms with Crippen LogP contribution in [0.3, 0.4) is 0 Å². The van der Waals surface area contributed by atoms with E-state index < -0.39 is 5.97 Å². The second-order valence-corrected chi connectivity index (χ2v) is 5.94. The Balaban J connectivity index is 1.56. The Morgan fingerprint density at radius 3 is 2.00 bits per heavy atom. The van der Waals surface area contributed by atoms with Crippen molar-refractivity contribution in [1.82, 2.24) is 0 Å². The maximum atomic E-state index is 12.2. The van der Waals surface area contributed by atoms with E-state index in [0.717, 1.165) is 17.1 Å². The number of rotatable bonds is 6. The fourth-order valence-corrected chi connectivity index (χ4v) is 2.37. The number of halogens is 1. The lowest BCUT2D eigenvalue weighted by Gasteiger charge is -2.08. The molecule has 0 bridgehead atoms. The van der Waals surface area contributed by atoms with E-state index in [4.69, 9.17) is 25.8 Å². The highest BCUT2D eigenvalue weighted by Crippen LogP contribution is 2.19. The van der Waals surface area contributed by atoms with Gasteiger partial charge in [0.2, 0.25) is 0 Å². The molecule has 0 atom stereocenters. The van der Waals surface area contributed by atoms with Crippen LogP contribution in [0.2, 0.25) is 5.02 Å². The number of carbonyl (C=O) groups is 1. The maximum absolute atomic E-state index is 12.2. The molecule has 3 aromatic rings. The van der Waals surface area contributed by atoms with Crippen molar-refractivity contribution in [3.05, 3.63) is 88.9 Å². The van der Waals surface area contributed by atoms with Gasteiger partial charge in [-0.05, 0) is 66.2 Å². The molecule has 0 spiro atoms. The van der Waals surface area contributed by atoms with Gasteiger partial charge in [0.25, 0.3) is 0 Å². The number of ether oxygens (including phenoxy) is 3. The van der Waals surface area contributed by atoms with Gasteiger partial charge in [-0.15, -0.1) is 0 Å². The SMILES string of the molecule is COc1ccc(OCc2ccc(C(=O)Oc3ccc(Cl)cc3)cc2)cc1. The second-order valence-electron chi connectivity index (χ2n) is 5.50. The Labute approximate surface area is 156 Å². The van der Waals surface area contributed by atoms with E-state index in [0.29, 0.717) is 22.9 Å². The lowest BCUT2D eigenvalue weighted by Crippen LogP contribution is -2.08. The average Bonchev–Trinajstić information content (AvgIpc) is 2.69. The summed E-state index contributed by atoms with van der Waals surface area (Å²) in [6.07, 6.45) is 0. The summed E-state index contributed by atoms with van der Waals surface area (Å²) in [6, 6.07) is 21.1. The average molecular weight is 369 g/mol. The fourth-order valence-electron chi connectivity index (χ4n) is 2.24. The first kappa shape index (κ1) is 17.8. The van der Waals surface area contributed by atoms with Crippen LogP contribution in [0.25, 0.3) is 0 Å². The van der Waals surface area contributed by atoms with Crippen molar-refractivity contribution >= 4 is 17.6 Å². The zero-order valence-corrected chi connectivity index (χ0v) is 14.9. The third-order valence-corrected chi connectivity index (χ3v) is 3.93. The summed E-state index contributed by atoms with van der Waals surface area (Å²) in [5, 5.41) is 0.589. The lowest BCUT2D eigenvalue weighted by molar-refractivity contribution is 0.0734. The Morgan fingerprint density at radius 1 is 0.808 bits per heavy atom. The molecule has 0 saturated carbocycles. The summed E-state index contributed by atoms with van der Waals surface area (Å²) < 4.78 is 16.1. The molecule has 3 aromatic carbocycles. The molecular weight excluding hydrogens is 352 g/mol. The molecule has 0 aliphatic carbocycles. The molecular formula is C21H17ClO4. The number of esters is 1. The van der Waals surface area contributed by atoms with Crippen LogP contribution >= 0.6 is 11.6 Å². The van der Waals surface area contributed by atoms with Crippen molar-refractivity contribution in [2.75, 3.05) is 7.11 Å². The van der Waals surface area contributed by atoms with Crippen LogP contribution in [0.15, 0.2) is 72.8 Å². The third-order valence-electron chi connectivity index (χ3n) is 3.68. The van der Waals surface area contributed by atoms with E-state index >= 15 is 0 Å². The van der Waals surface area contributed by atoms with Crippen LogP contribution in [-0.2, 0) is 6.61 Å². The van der Waals surface area contributed by atoms with Gasteiger partial charge in [-0.1, -0.05) is 23.7 Å². The first-order valence-electron chi connectivity index (χ1n) is 7.97. The van der Waals surface area contributed by atoms with Gasteiger partial charge in [0.1, 0.15) is 23.9 Å². The zero-order chi connectivity index (χ0) is 18.4. The van der Waals surface area contributed by atoms with Gasteiger partial charge in [-0.3, -0.25) is 0 Å². The minimum atomic E-state index is -0.421. The van der Waals surface area contributed by atoms with Crippen molar-refractivity contribution in [3.8, 4) is 17.2 Å². The summed E-state index contributed by atoms with van der Waals surface area (Å²) in [7, 11) is 1.62. The standard InChI is InChI=1S/C21H17ClO4/c1-24-18-10-12-19(13-11-18)25-14-15-2-4-16(5-3-15)21(23)26-20-8-6-17(22)7-9-20/h2-13H,14H2,1H3. The Hall–Kier alpha value is -2.98. The van der Waals surface area contributed by atoms with Gasteiger partial charge in [-0.25, -0.2) is 4.79 Å². The molecule has 0 aromatic heterocycles. The van der Waals surface area contributed by atoms with Crippen molar-refractivity contribution in [2.45, 2.75) is 6.61 Å². The predicted octanol–water partition coefficient (Wildman–Crippen LogP) is 5.15. The highest BCUT2D eigenvalue weighted by atomic mass is 35.5. The van der Waals surface area contributed by atoms with E-state index in [1.165, 1.54) is 0 Å². The molecule has 0 heterocycles.